The fourth-order valence-corrected chi connectivity index (χ4v) is 3.81. The lowest BCUT2D eigenvalue weighted by Gasteiger charge is -2.19. The first-order valence-corrected chi connectivity index (χ1v) is 9.14. The van der Waals surface area contributed by atoms with Gasteiger partial charge in [-0.3, -0.25) is 4.79 Å². The van der Waals surface area contributed by atoms with Crippen molar-refractivity contribution in [1.82, 2.24) is 4.90 Å². The average molecular weight is 365 g/mol. The minimum atomic E-state index is -0.0717. The number of amides is 1. The fraction of sp³-hybridized carbons (Fsp3) is 0.318. The second-order valence-electron chi connectivity index (χ2n) is 6.79. The molecule has 5 heteroatoms. The normalized spacial score (nSPS) is 14.0. The number of aryl methyl sites for hydroxylation is 1. The molecule has 0 bridgehead atoms. The largest absolute Gasteiger partial charge is 0.493 e. The van der Waals surface area contributed by atoms with Crippen molar-refractivity contribution in [2.24, 2.45) is 0 Å². The van der Waals surface area contributed by atoms with Gasteiger partial charge in [-0.15, -0.1) is 0 Å². The van der Waals surface area contributed by atoms with Crippen LogP contribution in [0.25, 0.3) is 11.0 Å². The molecule has 0 atom stereocenters. The van der Waals surface area contributed by atoms with Crippen molar-refractivity contribution in [3.63, 3.8) is 0 Å². The van der Waals surface area contributed by atoms with E-state index in [1.54, 1.807) is 14.2 Å². The molecular weight excluding hydrogens is 342 g/mol. The van der Waals surface area contributed by atoms with Crippen molar-refractivity contribution < 1.29 is 18.7 Å². The third kappa shape index (κ3) is 2.93. The molecule has 0 aliphatic carbocycles. The molecule has 27 heavy (non-hydrogen) atoms. The van der Waals surface area contributed by atoms with Crippen LogP contribution in [0.15, 0.2) is 40.8 Å². The molecule has 4 rings (SSSR count). The minimum Gasteiger partial charge on any atom is -0.493 e. The molecule has 0 saturated carbocycles. The van der Waals surface area contributed by atoms with Crippen LogP contribution in [0, 0.1) is 6.92 Å². The van der Waals surface area contributed by atoms with Gasteiger partial charge in [0.05, 0.1) is 14.2 Å². The first-order valence-electron chi connectivity index (χ1n) is 9.14. The molecule has 0 spiro atoms. The van der Waals surface area contributed by atoms with Gasteiger partial charge in [-0.05, 0) is 43.0 Å². The van der Waals surface area contributed by atoms with Gasteiger partial charge in [0, 0.05) is 24.0 Å². The van der Waals surface area contributed by atoms with E-state index in [4.69, 9.17) is 13.9 Å². The molecule has 0 radical (unpaired) electrons. The zero-order chi connectivity index (χ0) is 19.0. The Hall–Kier alpha value is -2.95. The van der Waals surface area contributed by atoms with E-state index in [2.05, 4.69) is 24.3 Å². The van der Waals surface area contributed by atoms with E-state index < -0.39 is 0 Å². The van der Waals surface area contributed by atoms with E-state index >= 15 is 0 Å². The number of ether oxygens (including phenoxy) is 2. The van der Waals surface area contributed by atoms with Gasteiger partial charge in [-0.2, -0.15) is 0 Å². The van der Waals surface area contributed by atoms with Crippen molar-refractivity contribution in [2.75, 3.05) is 27.3 Å². The summed E-state index contributed by atoms with van der Waals surface area (Å²) in [6, 6.07) is 12.1. The molecule has 2 heterocycles. The Morgan fingerprint density at radius 3 is 2.26 bits per heavy atom. The van der Waals surface area contributed by atoms with Crippen molar-refractivity contribution >= 4 is 16.9 Å². The van der Waals surface area contributed by atoms with Crippen LogP contribution in [0.2, 0.25) is 0 Å². The number of carbonyl (C=O) groups excluding carboxylic acids is 1. The summed E-state index contributed by atoms with van der Waals surface area (Å²) in [6.45, 7) is 3.29. The Morgan fingerprint density at radius 2 is 1.67 bits per heavy atom. The molecule has 140 valence electrons. The number of rotatable bonds is 3. The molecule has 0 N–H and O–H groups in total. The van der Waals surface area contributed by atoms with Crippen molar-refractivity contribution in [1.29, 1.82) is 0 Å². The maximum absolute atomic E-state index is 13.2. The number of fused-ring (bicyclic) bond motifs is 2. The first kappa shape index (κ1) is 17.5. The van der Waals surface area contributed by atoms with Crippen LogP contribution in [0.5, 0.6) is 11.5 Å². The fourth-order valence-electron chi connectivity index (χ4n) is 3.81. The number of benzene rings is 2. The SMILES string of the molecule is COc1ccc2c(C)c(C(=O)N3CCc4ccccc4CC3)oc2c1OC. The van der Waals surface area contributed by atoms with Crippen molar-refractivity contribution in [3.8, 4) is 11.5 Å². The topological polar surface area (TPSA) is 51.9 Å². The molecule has 5 nitrogen and oxygen atoms in total. The third-order valence-corrected chi connectivity index (χ3v) is 5.35. The molecule has 1 aliphatic heterocycles. The van der Waals surface area contributed by atoms with Crippen LogP contribution >= 0.6 is 0 Å². The van der Waals surface area contributed by atoms with Gasteiger partial charge in [-0.25, -0.2) is 0 Å². The Bertz CT molecular complexity index is 978. The van der Waals surface area contributed by atoms with Crippen LogP contribution in [0.3, 0.4) is 0 Å². The summed E-state index contributed by atoms with van der Waals surface area (Å²) in [6.07, 6.45) is 1.72. The van der Waals surface area contributed by atoms with Gasteiger partial charge >= 0.3 is 0 Å². The van der Waals surface area contributed by atoms with E-state index in [1.165, 1.54) is 11.1 Å². The predicted octanol–water partition coefficient (Wildman–Crippen LogP) is 4.00. The predicted molar refractivity (Wildman–Crippen MR) is 104 cm³/mol. The van der Waals surface area contributed by atoms with E-state index in [0.717, 1.165) is 23.8 Å². The van der Waals surface area contributed by atoms with Gasteiger partial charge in [0.1, 0.15) is 0 Å². The van der Waals surface area contributed by atoms with Crippen LogP contribution in [0.4, 0.5) is 0 Å². The molecular formula is C22H23NO4. The number of furan rings is 1. The quantitative estimate of drug-likeness (QED) is 0.704. The smallest absolute Gasteiger partial charge is 0.289 e. The van der Waals surface area contributed by atoms with Crippen LogP contribution < -0.4 is 9.47 Å². The highest BCUT2D eigenvalue weighted by Crippen LogP contribution is 2.39. The summed E-state index contributed by atoms with van der Waals surface area (Å²) in [5, 5.41) is 0.870. The minimum absolute atomic E-state index is 0.0717. The number of hydrogen-bond acceptors (Lipinski definition) is 4. The molecule has 1 aliphatic rings. The zero-order valence-electron chi connectivity index (χ0n) is 15.9. The standard InChI is InChI=1S/C22H23NO4/c1-14-17-8-9-18(25-2)21(26-3)20(17)27-19(14)22(24)23-12-10-15-6-4-5-7-16(15)11-13-23/h4-9H,10-13H2,1-3H3. The van der Waals surface area contributed by atoms with Gasteiger partial charge in [0.15, 0.2) is 17.1 Å². The van der Waals surface area contributed by atoms with E-state index in [9.17, 15) is 4.79 Å². The third-order valence-electron chi connectivity index (χ3n) is 5.35. The van der Waals surface area contributed by atoms with Crippen LogP contribution in [-0.4, -0.2) is 38.1 Å². The summed E-state index contributed by atoms with van der Waals surface area (Å²) >= 11 is 0. The Labute approximate surface area is 158 Å². The monoisotopic (exact) mass is 365 g/mol. The highest BCUT2D eigenvalue weighted by Gasteiger charge is 2.27. The van der Waals surface area contributed by atoms with Crippen molar-refractivity contribution in [2.45, 2.75) is 19.8 Å². The lowest BCUT2D eigenvalue weighted by molar-refractivity contribution is 0.0732. The first-order chi connectivity index (χ1) is 13.1. The van der Waals surface area contributed by atoms with Gasteiger partial charge in [0.2, 0.25) is 5.75 Å². The zero-order valence-corrected chi connectivity index (χ0v) is 15.9. The molecule has 2 aromatic carbocycles. The Balaban J connectivity index is 1.68. The Kier molecular flexibility index (Phi) is 4.52. The molecule has 3 aromatic rings. The van der Waals surface area contributed by atoms with Gasteiger partial charge in [-0.1, -0.05) is 24.3 Å². The number of nitrogens with zero attached hydrogens (tertiary/aromatic N) is 1. The second kappa shape index (κ2) is 6.99. The highest BCUT2D eigenvalue weighted by molar-refractivity contribution is 6.00. The summed E-state index contributed by atoms with van der Waals surface area (Å²) < 4.78 is 16.8. The Morgan fingerprint density at radius 1 is 1.00 bits per heavy atom. The van der Waals surface area contributed by atoms with Gasteiger partial charge < -0.3 is 18.8 Å². The molecule has 0 fully saturated rings. The van der Waals surface area contributed by atoms with E-state index in [0.29, 0.717) is 35.9 Å². The lowest BCUT2D eigenvalue weighted by Crippen LogP contribution is -2.33. The van der Waals surface area contributed by atoms with E-state index in [-0.39, 0.29) is 5.91 Å². The molecule has 1 aromatic heterocycles. The van der Waals surface area contributed by atoms with Crippen LogP contribution in [-0.2, 0) is 12.8 Å². The second-order valence-corrected chi connectivity index (χ2v) is 6.79. The number of methoxy groups -OCH3 is 2. The maximum atomic E-state index is 13.2. The molecule has 1 amide bonds. The van der Waals surface area contributed by atoms with Crippen molar-refractivity contribution in [3.05, 3.63) is 58.8 Å². The summed E-state index contributed by atoms with van der Waals surface area (Å²) in [5.74, 6) is 1.41. The summed E-state index contributed by atoms with van der Waals surface area (Å²) in [7, 11) is 3.16. The van der Waals surface area contributed by atoms with Crippen LogP contribution in [0.1, 0.15) is 27.2 Å². The molecule has 0 saturated heterocycles. The highest BCUT2D eigenvalue weighted by atomic mass is 16.5. The maximum Gasteiger partial charge on any atom is 0.289 e. The van der Waals surface area contributed by atoms with Gasteiger partial charge in [0.25, 0.3) is 5.91 Å². The number of hydrogen-bond donors (Lipinski definition) is 0. The summed E-state index contributed by atoms with van der Waals surface area (Å²) in [4.78, 5) is 15.1. The lowest BCUT2D eigenvalue weighted by atomic mass is 10.0. The average Bonchev–Trinajstić information content (AvgIpc) is 2.89. The summed E-state index contributed by atoms with van der Waals surface area (Å²) in [5.41, 5.74) is 4.02. The van der Waals surface area contributed by atoms with E-state index in [1.807, 2.05) is 24.0 Å². The number of carbonyl (C=O) groups is 1. The molecule has 0 unspecified atom stereocenters.